The summed E-state index contributed by atoms with van der Waals surface area (Å²) < 4.78 is 0. The van der Waals surface area contributed by atoms with Crippen LogP contribution in [0.25, 0.3) is 22.5 Å². The van der Waals surface area contributed by atoms with Crippen LogP contribution in [0.15, 0.2) is 71.1 Å². The number of hydrogen-bond donors (Lipinski definition) is 2. The highest BCUT2D eigenvalue weighted by Gasteiger charge is 2.13. The first-order valence-corrected chi connectivity index (χ1v) is 9.91. The van der Waals surface area contributed by atoms with E-state index in [1.165, 1.54) is 11.3 Å². The third-order valence-electron chi connectivity index (χ3n) is 4.41. The molecule has 7 heteroatoms. The van der Waals surface area contributed by atoms with Crippen LogP contribution in [0.4, 0.5) is 0 Å². The quantitative estimate of drug-likeness (QED) is 0.532. The Bertz CT molecular complexity index is 1210. The second-order valence-corrected chi connectivity index (χ2v) is 7.47. The number of nitrogens with one attached hydrogen (secondary N) is 2. The maximum atomic E-state index is 12.5. The van der Waals surface area contributed by atoms with Crippen LogP contribution in [0.2, 0.25) is 0 Å². The van der Waals surface area contributed by atoms with Crippen molar-refractivity contribution in [1.29, 1.82) is 0 Å². The van der Waals surface area contributed by atoms with Crippen molar-refractivity contribution >= 4 is 17.2 Å². The van der Waals surface area contributed by atoms with Gasteiger partial charge in [-0.3, -0.25) is 14.6 Å². The zero-order valence-electron chi connectivity index (χ0n) is 15.7. The summed E-state index contributed by atoms with van der Waals surface area (Å²) >= 11 is 1.45. The second kappa shape index (κ2) is 8.20. The van der Waals surface area contributed by atoms with E-state index in [9.17, 15) is 9.59 Å². The Morgan fingerprint density at radius 2 is 1.93 bits per heavy atom. The van der Waals surface area contributed by atoms with Gasteiger partial charge in [0.25, 0.3) is 11.5 Å². The fourth-order valence-corrected chi connectivity index (χ4v) is 3.67. The van der Waals surface area contributed by atoms with Gasteiger partial charge in [0.1, 0.15) is 10.6 Å². The molecule has 0 bridgehead atoms. The highest BCUT2D eigenvalue weighted by Crippen LogP contribution is 2.21. The van der Waals surface area contributed by atoms with E-state index in [0.29, 0.717) is 5.69 Å². The number of amides is 1. The van der Waals surface area contributed by atoms with Gasteiger partial charge in [-0.15, -0.1) is 11.3 Å². The molecule has 4 rings (SSSR count). The minimum Gasteiger partial charge on any atom is -0.345 e. The first-order chi connectivity index (χ1) is 14.1. The number of aromatic amines is 1. The highest BCUT2D eigenvalue weighted by atomic mass is 32.1. The molecule has 0 aliphatic carbocycles. The first-order valence-electron chi connectivity index (χ1n) is 9.03. The molecule has 4 aromatic rings. The van der Waals surface area contributed by atoms with Gasteiger partial charge in [-0.2, -0.15) is 0 Å². The Morgan fingerprint density at radius 3 is 2.69 bits per heavy atom. The lowest BCUT2D eigenvalue weighted by Crippen LogP contribution is -2.29. The lowest BCUT2D eigenvalue weighted by molar-refractivity contribution is 0.0949. The Hall–Kier alpha value is -3.58. The van der Waals surface area contributed by atoms with E-state index >= 15 is 0 Å². The summed E-state index contributed by atoms with van der Waals surface area (Å²) in [7, 11) is 0. The van der Waals surface area contributed by atoms with Crippen LogP contribution in [-0.4, -0.2) is 20.9 Å². The van der Waals surface area contributed by atoms with Crippen LogP contribution in [0.5, 0.6) is 0 Å². The number of aryl methyl sites for hydroxylation is 1. The summed E-state index contributed by atoms with van der Waals surface area (Å²) in [6.45, 7) is 2.25. The van der Waals surface area contributed by atoms with Crippen molar-refractivity contribution in [2.45, 2.75) is 13.5 Å². The van der Waals surface area contributed by atoms with E-state index in [1.54, 1.807) is 24.5 Å². The number of benzene rings is 1. The molecule has 0 saturated carbocycles. The standard InChI is InChI=1S/C22H18N4O2S/c1-14-3-2-4-16(11-14)18-6-5-17(22(28)26-18)21(27)24-12-20-25-19(13-29-20)15-7-9-23-10-8-15/h2-11,13H,12H2,1H3,(H,24,27)(H,26,28). The summed E-state index contributed by atoms with van der Waals surface area (Å²) in [4.78, 5) is 36.2. The highest BCUT2D eigenvalue weighted by molar-refractivity contribution is 7.09. The largest absolute Gasteiger partial charge is 0.345 e. The Labute approximate surface area is 171 Å². The summed E-state index contributed by atoms with van der Waals surface area (Å²) in [5.41, 5.74) is 4.14. The molecule has 0 aliphatic heterocycles. The van der Waals surface area contributed by atoms with Crippen LogP contribution >= 0.6 is 11.3 Å². The molecule has 3 aromatic heterocycles. The van der Waals surface area contributed by atoms with Crippen LogP contribution in [0, 0.1) is 6.92 Å². The van der Waals surface area contributed by atoms with Gasteiger partial charge in [0.15, 0.2) is 0 Å². The number of carbonyl (C=O) groups excluding carboxylic acids is 1. The number of nitrogens with zero attached hydrogens (tertiary/aromatic N) is 2. The van der Waals surface area contributed by atoms with Crippen LogP contribution in [0.3, 0.4) is 0 Å². The van der Waals surface area contributed by atoms with Crippen molar-refractivity contribution in [3.8, 4) is 22.5 Å². The lowest BCUT2D eigenvalue weighted by Gasteiger charge is -2.06. The van der Waals surface area contributed by atoms with Gasteiger partial charge in [0.05, 0.1) is 12.2 Å². The number of carbonyl (C=O) groups is 1. The third kappa shape index (κ3) is 4.30. The van der Waals surface area contributed by atoms with Gasteiger partial charge < -0.3 is 10.3 Å². The second-order valence-electron chi connectivity index (χ2n) is 6.53. The monoisotopic (exact) mass is 402 g/mol. The topological polar surface area (TPSA) is 87.7 Å². The third-order valence-corrected chi connectivity index (χ3v) is 5.26. The maximum absolute atomic E-state index is 12.5. The predicted octanol–water partition coefficient (Wildman–Crippen LogP) is 3.80. The molecule has 144 valence electrons. The summed E-state index contributed by atoms with van der Waals surface area (Å²) in [5.74, 6) is -0.428. The lowest BCUT2D eigenvalue weighted by atomic mass is 10.1. The maximum Gasteiger partial charge on any atom is 0.261 e. The molecule has 0 saturated heterocycles. The SMILES string of the molecule is Cc1cccc(-c2ccc(C(=O)NCc3nc(-c4ccncc4)cs3)c(=O)[nH]2)c1. The zero-order valence-corrected chi connectivity index (χ0v) is 16.5. The molecule has 29 heavy (non-hydrogen) atoms. The van der Waals surface area contributed by atoms with Gasteiger partial charge in [-0.1, -0.05) is 23.8 Å². The van der Waals surface area contributed by atoms with E-state index in [1.807, 2.05) is 48.7 Å². The van der Waals surface area contributed by atoms with Crippen LogP contribution in [0.1, 0.15) is 20.9 Å². The molecule has 0 unspecified atom stereocenters. The van der Waals surface area contributed by atoms with E-state index in [2.05, 4.69) is 20.3 Å². The van der Waals surface area contributed by atoms with Gasteiger partial charge >= 0.3 is 0 Å². The van der Waals surface area contributed by atoms with Crippen molar-refractivity contribution < 1.29 is 4.79 Å². The summed E-state index contributed by atoms with van der Waals surface area (Å²) in [5, 5.41) is 5.46. The van der Waals surface area contributed by atoms with Crippen molar-refractivity contribution in [1.82, 2.24) is 20.3 Å². The van der Waals surface area contributed by atoms with Crippen LogP contribution < -0.4 is 10.9 Å². The number of hydrogen-bond acceptors (Lipinski definition) is 5. The molecule has 0 radical (unpaired) electrons. The molecule has 0 fully saturated rings. The average Bonchev–Trinajstić information content (AvgIpc) is 3.22. The first kappa shape index (κ1) is 18.8. The number of H-pyrrole nitrogens is 1. The van der Waals surface area contributed by atoms with E-state index in [-0.39, 0.29) is 12.1 Å². The smallest absolute Gasteiger partial charge is 0.261 e. The number of pyridine rings is 2. The number of thiazole rings is 1. The van der Waals surface area contributed by atoms with Crippen molar-refractivity contribution in [2.75, 3.05) is 0 Å². The predicted molar refractivity (Wildman–Crippen MR) is 114 cm³/mol. The van der Waals surface area contributed by atoms with Gasteiger partial charge in [-0.25, -0.2) is 4.98 Å². The molecule has 0 aliphatic rings. The van der Waals surface area contributed by atoms with Gasteiger partial charge in [0.2, 0.25) is 0 Å². The fourth-order valence-electron chi connectivity index (χ4n) is 2.93. The molecule has 3 heterocycles. The van der Waals surface area contributed by atoms with Crippen molar-refractivity contribution in [3.63, 3.8) is 0 Å². The Balaban J connectivity index is 1.45. The summed E-state index contributed by atoms with van der Waals surface area (Å²) in [6, 6.07) is 14.9. The van der Waals surface area contributed by atoms with E-state index in [4.69, 9.17) is 0 Å². The Kier molecular flexibility index (Phi) is 5.31. The molecule has 0 spiro atoms. The van der Waals surface area contributed by atoms with E-state index in [0.717, 1.165) is 27.4 Å². The minimum atomic E-state index is -0.428. The summed E-state index contributed by atoms with van der Waals surface area (Å²) in [6.07, 6.45) is 3.42. The molecular formula is C22H18N4O2S. The van der Waals surface area contributed by atoms with Gasteiger partial charge in [0, 0.05) is 29.0 Å². The molecule has 1 amide bonds. The normalized spacial score (nSPS) is 10.7. The fraction of sp³-hybridized carbons (Fsp3) is 0.0909. The molecule has 0 atom stereocenters. The van der Waals surface area contributed by atoms with Gasteiger partial charge in [-0.05, 0) is 42.8 Å². The Morgan fingerprint density at radius 1 is 1.10 bits per heavy atom. The number of aromatic nitrogens is 3. The average molecular weight is 402 g/mol. The molecule has 1 aromatic carbocycles. The van der Waals surface area contributed by atoms with Crippen molar-refractivity contribution in [2.24, 2.45) is 0 Å². The van der Waals surface area contributed by atoms with E-state index < -0.39 is 11.5 Å². The molecular weight excluding hydrogens is 384 g/mol. The van der Waals surface area contributed by atoms with Crippen molar-refractivity contribution in [3.05, 3.63) is 92.8 Å². The zero-order chi connectivity index (χ0) is 20.2. The molecule has 6 nitrogen and oxygen atoms in total. The van der Waals surface area contributed by atoms with Crippen LogP contribution in [-0.2, 0) is 6.54 Å². The minimum absolute atomic E-state index is 0.0762. The number of rotatable bonds is 5. The molecule has 2 N–H and O–H groups in total.